The van der Waals surface area contributed by atoms with E-state index in [1.54, 1.807) is 19.1 Å². The third-order valence-electron chi connectivity index (χ3n) is 6.87. The third kappa shape index (κ3) is 7.86. The Kier molecular flexibility index (Phi) is 10.8. The first kappa shape index (κ1) is 31.6. The van der Waals surface area contributed by atoms with Crippen molar-refractivity contribution in [1.82, 2.24) is 10.2 Å². The van der Waals surface area contributed by atoms with Gasteiger partial charge in [-0.05, 0) is 99.3 Å². The number of carbonyl (C=O) groups excluding carboxylic acids is 2. The minimum atomic E-state index is -4.16. The number of hydrogen-bond acceptors (Lipinski definition) is 4. The van der Waals surface area contributed by atoms with E-state index in [1.807, 2.05) is 58.0 Å². The molecule has 2 amide bonds. The van der Waals surface area contributed by atoms with E-state index in [0.717, 1.165) is 31.9 Å². The number of carbonyl (C=O) groups is 2. The van der Waals surface area contributed by atoms with Crippen molar-refractivity contribution in [3.63, 3.8) is 0 Å². The summed E-state index contributed by atoms with van der Waals surface area (Å²) in [5.41, 5.74) is 3.02. The van der Waals surface area contributed by atoms with E-state index in [1.165, 1.54) is 29.2 Å². The van der Waals surface area contributed by atoms with E-state index in [9.17, 15) is 18.0 Å². The van der Waals surface area contributed by atoms with Crippen molar-refractivity contribution in [1.29, 1.82) is 0 Å². The van der Waals surface area contributed by atoms with Gasteiger partial charge in [-0.3, -0.25) is 13.9 Å². The topological polar surface area (TPSA) is 86.8 Å². The summed E-state index contributed by atoms with van der Waals surface area (Å²) in [6.07, 6.45) is 0.734. The van der Waals surface area contributed by atoms with Crippen LogP contribution in [0.1, 0.15) is 43.9 Å². The Bertz CT molecular complexity index is 1460. The zero-order valence-corrected chi connectivity index (χ0v) is 26.5. The van der Waals surface area contributed by atoms with Gasteiger partial charge in [0.05, 0.1) is 10.6 Å². The summed E-state index contributed by atoms with van der Waals surface area (Å²) in [7, 11) is -4.16. The Morgan fingerprint density at radius 3 is 2.25 bits per heavy atom. The molecule has 3 aromatic carbocycles. The second-order valence-electron chi connectivity index (χ2n) is 9.88. The van der Waals surface area contributed by atoms with Crippen LogP contribution in [0.2, 0.25) is 5.02 Å². The number of aryl methyl sites for hydroxylation is 2. The predicted octanol–water partition coefficient (Wildman–Crippen LogP) is 6.25. The van der Waals surface area contributed by atoms with Crippen LogP contribution in [-0.4, -0.2) is 43.8 Å². The lowest BCUT2D eigenvalue weighted by Crippen LogP contribution is -2.52. The van der Waals surface area contributed by atoms with Gasteiger partial charge in [-0.15, -0.1) is 0 Å². The van der Waals surface area contributed by atoms with Crippen LogP contribution in [-0.2, 0) is 26.2 Å². The average molecular weight is 649 g/mol. The van der Waals surface area contributed by atoms with Gasteiger partial charge in [0.2, 0.25) is 11.8 Å². The first-order valence-electron chi connectivity index (χ1n) is 13.0. The second kappa shape index (κ2) is 13.7. The molecule has 0 aliphatic carbocycles. The summed E-state index contributed by atoms with van der Waals surface area (Å²) in [5.74, 6) is -0.821. The fourth-order valence-corrected chi connectivity index (χ4v) is 6.00. The fourth-order valence-electron chi connectivity index (χ4n) is 4.02. The molecule has 0 fully saturated rings. The number of nitrogens with one attached hydrogen (secondary N) is 1. The SMILES string of the molecule is CCC(C)NC(=O)C(C)N(Cc1cccc(Br)c1)C(=O)CN(c1ccc(C)c(C)c1)S(=O)(=O)c1ccc(Cl)cc1. The zero-order chi connectivity index (χ0) is 29.6. The maximum atomic E-state index is 14.0. The van der Waals surface area contributed by atoms with Crippen molar-refractivity contribution in [3.05, 3.63) is 92.9 Å². The van der Waals surface area contributed by atoms with Crippen molar-refractivity contribution in [2.45, 2.75) is 64.6 Å². The Morgan fingerprint density at radius 1 is 0.975 bits per heavy atom. The number of nitrogens with zero attached hydrogens (tertiary/aromatic N) is 2. The maximum Gasteiger partial charge on any atom is 0.264 e. The number of benzene rings is 3. The summed E-state index contributed by atoms with van der Waals surface area (Å²) < 4.78 is 29.8. The molecule has 3 rings (SSSR count). The number of amides is 2. The molecule has 0 aromatic heterocycles. The lowest BCUT2D eigenvalue weighted by Gasteiger charge is -2.32. The largest absolute Gasteiger partial charge is 0.352 e. The molecule has 40 heavy (non-hydrogen) atoms. The van der Waals surface area contributed by atoms with E-state index in [4.69, 9.17) is 11.6 Å². The molecule has 2 unspecified atom stereocenters. The molecule has 3 aromatic rings. The molecule has 214 valence electrons. The fraction of sp³-hybridized carbons (Fsp3) is 0.333. The van der Waals surface area contributed by atoms with Gasteiger partial charge in [-0.1, -0.05) is 52.7 Å². The highest BCUT2D eigenvalue weighted by Gasteiger charge is 2.33. The van der Waals surface area contributed by atoms with E-state index < -0.39 is 28.5 Å². The van der Waals surface area contributed by atoms with Gasteiger partial charge in [0.25, 0.3) is 10.0 Å². The van der Waals surface area contributed by atoms with Gasteiger partial charge in [0.1, 0.15) is 12.6 Å². The summed E-state index contributed by atoms with van der Waals surface area (Å²) in [6, 6.07) is 17.6. The maximum absolute atomic E-state index is 14.0. The van der Waals surface area contributed by atoms with Gasteiger partial charge in [0.15, 0.2) is 0 Å². The number of anilines is 1. The smallest absolute Gasteiger partial charge is 0.264 e. The number of halogens is 2. The highest BCUT2D eigenvalue weighted by atomic mass is 79.9. The number of hydrogen-bond donors (Lipinski definition) is 1. The van der Waals surface area contributed by atoms with Crippen molar-refractivity contribution in [2.75, 3.05) is 10.8 Å². The Labute approximate surface area is 250 Å². The first-order chi connectivity index (χ1) is 18.8. The Hall–Kier alpha value is -2.88. The van der Waals surface area contributed by atoms with Crippen LogP contribution < -0.4 is 9.62 Å². The van der Waals surface area contributed by atoms with E-state index >= 15 is 0 Å². The molecule has 10 heteroatoms. The highest BCUT2D eigenvalue weighted by Crippen LogP contribution is 2.27. The van der Waals surface area contributed by atoms with Crippen LogP contribution >= 0.6 is 27.5 Å². The second-order valence-corrected chi connectivity index (χ2v) is 13.1. The third-order valence-corrected chi connectivity index (χ3v) is 9.40. The van der Waals surface area contributed by atoms with Gasteiger partial charge in [-0.25, -0.2) is 8.42 Å². The predicted molar refractivity (Wildman–Crippen MR) is 164 cm³/mol. The van der Waals surface area contributed by atoms with Crippen LogP contribution in [0.3, 0.4) is 0 Å². The number of rotatable bonds is 11. The molecule has 0 heterocycles. The standard InChI is InChI=1S/C30H35BrClN3O4S/c1-6-22(4)33-30(37)23(5)34(18-24-8-7-9-25(31)17-24)29(36)19-35(27-13-10-20(2)21(3)16-27)40(38,39)28-14-11-26(32)12-15-28/h7-17,22-23H,6,18-19H2,1-5H3,(H,33,37). The van der Waals surface area contributed by atoms with E-state index in [0.29, 0.717) is 10.7 Å². The molecule has 7 nitrogen and oxygen atoms in total. The summed E-state index contributed by atoms with van der Waals surface area (Å²) in [6.45, 7) is 8.95. The van der Waals surface area contributed by atoms with Crippen molar-refractivity contribution < 1.29 is 18.0 Å². The quantitative estimate of drug-likeness (QED) is 0.267. The monoisotopic (exact) mass is 647 g/mol. The van der Waals surface area contributed by atoms with Crippen molar-refractivity contribution in [3.8, 4) is 0 Å². The minimum absolute atomic E-state index is 0.00373. The first-order valence-corrected chi connectivity index (χ1v) is 15.6. The van der Waals surface area contributed by atoms with E-state index in [-0.39, 0.29) is 23.4 Å². The summed E-state index contributed by atoms with van der Waals surface area (Å²) in [5, 5.41) is 3.33. The molecule has 0 spiro atoms. The van der Waals surface area contributed by atoms with Crippen LogP contribution in [0.15, 0.2) is 76.1 Å². The van der Waals surface area contributed by atoms with Crippen LogP contribution in [0.5, 0.6) is 0 Å². The molecule has 0 bridgehead atoms. The number of sulfonamides is 1. The minimum Gasteiger partial charge on any atom is -0.352 e. The van der Waals surface area contributed by atoms with Gasteiger partial charge in [-0.2, -0.15) is 0 Å². The molecular weight excluding hydrogens is 614 g/mol. The summed E-state index contributed by atoms with van der Waals surface area (Å²) in [4.78, 5) is 28.6. The lowest BCUT2D eigenvalue weighted by molar-refractivity contribution is -0.139. The van der Waals surface area contributed by atoms with E-state index in [2.05, 4.69) is 21.2 Å². The Balaban J connectivity index is 2.05. The van der Waals surface area contributed by atoms with Crippen molar-refractivity contribution in [2.24, 2.45) is 0 Å². The molecular formula is C30H35BrClN3O4S. The molecule has 0 saturated carbocycles. The molecule has 1 N–H and O–H groups in total. The van der Waals surface area contributed by atoms with Gasteiger partial charge >= 0.3 is 0 Å². The van der Waals surface area contributed by atoms with Crippen LogP contribution in [0.4, 0.5) is 5.69 Å². The summed E-state index contributed by atoms with van der Waals surface area (Å²) >= 11 is 9.47. The van der Waals surface area contributed by atoms with Crippen LogP contribution in [0, 0.1) is 13.8 Å². The molecule has 0 saturated heterocycles. The molecule has 2 atom stereocenters. The van der Waals surface area contributed by atoms with Gasteiger partial charge < -0.3 is 10.2 Å². The Morgan fingerprint density at radius 2 is 1.65 bits per heavy atom. The average Bonchev–Trinajstić information content (AvgIpc) is 2.91. The molecule has 0 aliphatic heterocycles. The van der Waals surface area contributed by atoms with Crippen molar-refractivity contribution >= 4 is 55.1 Å². The zero-order valence-electron chi connectivity index (χ0n) is 23.3. The van der Waals surface area contributed by atoms with Crippen LogP contribution in [0.25, 0.3) is 0 Å². The molecule has 0 radical (unpaired) electrons. The highest BCUT2D eigenvalue weighted by molar-refractivity contribution is 9.10. The molecule has 0 aliphatic rings. The normalized spacial score (nSPS) is 12.9. The lowest BCUT2D eigenvalue weighted by atomic mass is 10.1. The van der Waals surface area contributed by atoms with Gasteiger partial charge in [0, 0.05) is 22.1 Å².